The summed E-state index contributed by atoms with van der Waals surface area (Å²) in [6.45, 7) is 0. The number of aromatic nitrogens is 1. The van der Waals surface area contributed by atoms with Crippen LogP contribution in [-0.2, 0) is 30.8 Å². The first-order valence-corrected chi connectivity index (χ1v) is 20.5. The fraction of sp³-hybridized carbons (Fsp3) is 0.222. The molecule has 62 heavy (non-hydrogen) atoms. The molecule has 3 N–H and O–H groups in total. The van der Waals surface area contributed by atoms with Crippen LogP contribution in [0.4, 0.5) is 36.1 Å². The number of phenolic OH excluding ortho intramolecular Hbond substituents is 1. The molecule has 5 aromatic rings. The average molecular weight is 903 g/mol. The second-order valence-electron chi connectivity index (χ2n) is 15.5. The summed E-state index contributed by atoms with van der Waals surface area (Å²) in [7, 11) is 1.32. The van der Waals surface area contributed by atoms with Crippen LogP contribution in [-0.4, -0.2) is 45.8 Å². The van der Waals surface area contributed by atoms with Gasteiger partial charge in [-0.2, -0.15) is 18.2 Å². The number of nitrogens with one attached hydrogen (secondary N) is 2. The number of pyridine rings is 1. The van der Waals surface area contributed by atoms with Crippen LogP contribution in [0.25, 0.3) is 0 Å². The number of phenols is 1. The number of ether oxygens (including phenoxy) is 1. The molecule has 3 heterocycles. The number of carbonyl (C=O) groups is 4. The summed E-state index contributed by atoms with van der Waals surface area (Å²) in [5.74, 6) is -8.23. The summed E-state index contributed by atoms with van der Waals surface area (Å²) in [6.07, 6.45) is -2.40. The number of aromatic hydroxyl groups is 1. The van der Waals surface area contributed by atoms with E-state index in [1.165, 1.54) is 24.1 Å². The molecule has 2 aliphatic heterocycles. The van der Waals surface area contributed by atoms with Gasteiger partial charge in [-0.3, -0.25) is 29.5 Å². The third-order valence-electron chi connectivity index (χ3n) is 12.3. The largest absolute Gasteiger partial charge is 0.503 e. The molecule has 6 unspecified atom stereocenters. The van der Waals surface area contributed by atoms with Gasteiger partial charge in [-0.25, -0.2) is 4.98 Å². The van der Waals surface area contributed by atoms with Gasteiger partial charge in [0.25, 0.3) is 11.8 Å². The zero-order valence-electron chi connectivity index (χ0n) is 32.3. The van der Waals surface area contributed by atoms with Crippen molar-refractivity contribution in [1.29, 1.82) is 0 Å². The van der Waals surface area contributed by atoms with Gasteiger partial charge in [-0.15, -0.1) is 0 Å². The van der Waals surface area contributed by atoms with Crippen molar-refractivity contribution in [2.45, 2.75) is 30.4 Å². The Balaban J connectivity index is 1.17. The monoisotopic (exact) mass is 901 g/mol. The topological polar surface area (TPSA) is 141 Å². The Morgan fingerprint density at radius 3 is 2.19 bits per heavy atom. The molecule has 4 aromatic carbocycles. The van der Waals surface area contributed by atoms with E-state index in [4.69, 9.17) is 39.5 Å². The highest BCUT2D eigenvalue weighted by Crippen LogP contribution is 2.65. The van der Waals surface area contributed by atoms with Gasteiger partial charge in [-0.05, 0) is 96.6 Å². The highest BCUT2D eigenvalue weighted by atomic mass is 35.5. The maximum atomic E-state index is 15.5. The van der Waals surface area contributed by atoms with Gasteiger partial charge in [0.05, 0.1) is 51.6 Å². The predicted molar refractivity (Wildman–Crippen MR) is 225 cm³/mol. The Morgan fingerprint density at radius 2 is 1.53 bits per heavy atom. The van der Waals surface area contributed by atoms with E-state index < -0.39 is 81.2 Å². The summed E-state index contributed by atoms with van der Waals surface area (Å²) < 4.78 is 46.2. The van der Waals surface area contributed by atoms with E-state index in [-0.39, 0.29) is 29.4 Å². The lowest BCUT2D eigenvalue weighted by Gasteiger charge is -2.50. The lowest BCUT2D eigenvalue weighted by Crippen LogP contribution is -2.53. The number of carbonyl (C=O) groups excluding carboxylic acids is 4. The van der Waals surface area contributed by atoms with Crippen molar-refractivity contribution in [2.75, 3.05) is 22.8 Å². The van der Waals surface area contributed by atoms with Crippen molar-refractivity contribution in [2.24, 2.45) is 23.7 Å². The van der Waals surface area contributed by atoms with Crippen LogP contribution >= 0.6 is 34.8 Å². The number of hydrogen-bond acceptors (Lipinski definition) is 9. The molecule has 11 nitrogen and oxygen atoms in total. The standard InChI is InChI=1S/C45H33Cl3F3N5O6/c1-62-35-18-22(17-33(47)38(35)57)37-29-15-16-30-36(42(60)55(40(30)58)28-13-11-27(12-14-28)53-26-5-3-2-4-6-26)31(29)20-32-41(59)56(43(61)44(32,37)23-7-9-25(46)10-8-23)54-39-34(48)19-24(21-52-39)45(49,50)51/h2-15,17-19,21,30-32,36-37,53,57H,16,20H2,1H3,(H,52,54). The highest BCUT2D eigenvalue weighted by molar-refractivity contribution is 6.33. The third kappa shape index (κ3) is 6.54. The summed E-state index contributed by atoms with van der Waals surface area (Å²) in [5, 5.41) is 14.5. The summed E-state index contributed by atoms with van der Waals surface area (Å²) >= 11 is 19.3. The van der Waals surface area contributed by atoms with Crippen LogP contribution in [0.5, 0.6) is 11.5 Å². The molecular weight excluding hydrogens is 870 g/mol. The van der Waals surface area contributed by atoms with Crippen LogP contribution in [0, 0.1) is 23.7 Å². The van der Waals surface area contributed by atoms with Gasteiger partial charge < -0.3 is 15.2 Å². The Bertz CT molecular complexity index is 2700. The van der Waals surface area contributed by atoms with Gasteiger partial charge >= 0.3 is 6.18 Å². The van der Waals surface area contributed by atoms with Crippen molar-refractivity contribution in [3.63, 3.8) is 0 Å². The molecule has 0 bridgehead atoms. The number of methoxy groups -OCH3 is 1. The van der Waals surface area contributed by atoms with Gasteiger partial charge in [0, 0.05) is 28.5 Å². The van der Waals surface area contributed by atoms with Crippen molar-refractivity contribution < 1.29 is 42.2 Å². The number of para-hydroxylation sites is 1. The first kappa shape index (κ1) is 41.3. The summed E-state index contributed by atoms with van der Waals surface area (Å²) in [5.41, 5.74) is 2.81. The molecular formula is C45H33Cl3F3N5O6. The van der Waals surface area contributed by atoms with Gasteiger partial charge in [0.2, 0.25) is 11.8 Å². The molecule has 316 valence electrons. The fourth-order valence-corrected chi connectivity index (χ4v) is 10.3. The Morgan fingerprint density at radius 1 is 0.839 bits per heavy atom. The molecule has 6 atom stereocenters. The number of amides is 4. The van der Waals surface area contributed by atoms with Crippen LogP contribution in [0.3, 0.4) is 0 Å². The van der Waals surface area contributed by atoms with Gasteiger partial charge in [-0.1, -0.05) is 76.8 Å². The highest BCUT2D eigenvalue weighted by Gasteiger charge is 2.70. The van der Waals surface area contributed by atoms with Crippen molar-refractivity contribution in [3.05, 3.63) is 147 Å². The van der Waals surface area contributed by atoms with Crippen LogP contribution in [0.1, 0.15) is 35.4 Å². The molecule has 0 radical (unpaired) electrons. The normalized spacial score (nSPS) is 24.4. The van der Waals surface area contributed by atoms with E-state index in [2.05, 4.69) is 15.7 Å². The van der Waals surface area contributed by atoms with Gasteiger partial charge in [0.1, 0.15) is 0 Å². The number of alkyl halides is 3. The van der Waals surface area contributed by atoms with Crippen LogP contribution < -0.4 is 20.4 Å². The smallest absolute Gasteiger partial charge is 0.417 e. The number of halogens is 6. The third-order valence-corrected chi connectivity index (χ3v) is 13.2. The number of benzene rings is 4. The fourth-order valence-electron chi connectivity index (χ4n) is 9.71. The number of rotatable bonds is 8. The molecule has 9 rings (SSSR count). The number of allylic oxidation sites excluding steroid dienone is 2. The van der Waals surface area contributed by atoms with E-state index >= 15 is 9.59 Å². The van der Waals surface area contributed by atoms with Crippen molar-refractivity contribution in [3.8, 4) is 11.5 Å². The number of hydrogen-bond donors (Lipinski definition) is 3. The second-order valence-corrected chi connectivity index (χ2v) is 16.8. The molecule has 3 fully saturated rings. The molecule has 2 aliphatic carbocycles. The molecule has 2 saturated heterocycles. The number of imide groups is 2. The number of fused-ring (bicyclic) bond motifs is 4. The molecule has 17 heteroatoms. The second kappa shape index (κ2) is 15.4. The molecule has 4 amide bonds. The minimum atomic E-state index is -4.78. The van der Waals surface area contributed by atoms with Crippen molar-refractivity contribution in [1.82, 2.24) is 9.99 Å². The predicted octanol–water partition coefficient (Wildman–Crippen LogP) is 9.71. The molecule has 0 spiro atoms. The quantitative estimate of drug-likeness (QED) is 0.103. The average Bonchev–Trinajstić information content (AvgIpc) is 3.63. The minimum absolute atomic E-state index is 0.0392. The molecule has 4 aliphatic rings. The number of anilines is 4. The minimum Gasteiger partial charge on any atom is -0.503 e. The Labute approximate surface area is 367 Å². The summed E-state index contributed by atoms with van der Waals surface area (Å²) in [6, 6.07) is 26.2. The molecule has 1 aromatic heterocycles. The van der Waals surface area contributed by atoms with Crippen LogP contribution in [0.15, 0.2) is 115 Å². The summed E-state index contributed by atoms with van der Waals surface area (Å²) in [4.78, 5) is 64.6. The van der Waals surface area contributed by atoms with E-state index in [0.29, 0.717) is 44.7 Å². The Hall–Kier alpha value is -6.09. The van der Waals surface area contributed by atoms with E-state index in [1.807, 2.05) is 36.4 Å². The maximum Gasteiger partial charge on any atom is 0.417 e. The first-order chi connectivity index (χ1) is 29.6. The van der Waals surface area contributed by atoms with Gasteiger partial charge in [0.15, 0.2) is 17.3 Å². The zero-order valence-corrected chi connectivity index (χ0v) is 34.6. The molecule has 1 saturated carbocycles. The first-order valence-electron chi connectivity index (χ1n) is 19.3. The lowest BCUT2D eigenvalue weighted by atomic mass is 9.49. The van der Waals surface area contributed by atoms with Crippen molar-refractivity contribution >= 4 is 81.3 Å². The van der Waals surface area contributed by atoms with Crippen LogP contribution in [0.2, 0.25) is 15.1 Å². The Kier molecular flexibility index (Phi) is 10.2. The number of hydrazine groups is 1. The van der Waals surface area contributed by atoms with E-state index in [0.717, 1.165) is 11.4 Å². The number of nitrogens with zero attached hydrogens (tertiary/aromatic N) is 3. The lowest BCUT2D eigenvalue weighted by molar-refractivity contribution is -0.139. The maximum absolute atomic E-state index is 15.5. The van der Waals surface area contributed by atoms with E-state index in [9.17, 15) is 27.9 Å². The van der Waals surface area contributed by atoms with E-state index in [1.54, 1.807) is 48.5 Å². The zero-order chi connectivity index (χ0) is 43.8. The SMILES string of the molecule is COc1cc(C2C3=CCC4C(=O)N(c5ccc(Nc6ccccc6)cc5)C(=O)C4C3CC3C(=O)N(Nc4ncc(C(F)(F)F)cc4Cl)C(=O)C32c2ccc(Cl)cc2)cc(Cl)c1O.